The van der Waals surface area contributed by atoms with Crippen molar-refractivity contribution in [1.82, 2.24) is 4.72 Å². The van der Waals surface area contributed by atoms with E-state index in [-0.39, 0.29) is 16.9 Å². The van der Waals surface area contributed by atoms with Crippen molar-refractivity contribution in [1.29, 1.82) is 0 Å². The van der Waals surface area contributed by atoms with Gasteiger partial charge in [0.15, 0.2) is 0 Å². The fraction of sp³-hybridized carbons (Fsp3) is 0.571. The zero-order valence-electron chi connectivity index (χ0n) is 12.4. The zero-order valence-corrected chi connectivity index (χ0v) is 14.8. The molecular weight excluding hydrogens is 340 g/mol. The first-order valence-corrected chi connectivity index (χ1v) is 9.02. The quantitative estimate of drug-likeness (QED) is 0.816. The van der Waals surface area contributed by atoms with Gasteiger partial charge in [-0.15, -0.1) is 0 Å². The molecule has 1 aromatic carbocycles. The predicted octanol–water partition coefficient (Wildman–Crippen LogP) is 2.93. The molecule has 3 N–H and O–H groups in total. The normalized spacial score (nSPS) is 13.8. The molecule has 20 heavy (non-hydrogen) atoms. The summed E-state index contributed by atoms with van der Waals surface area (Å²) in [6, 6.07) is 3.45. The van der Waals surface area contributed by atoms with E-state index in [9.17, 15) is 8.42 Å². The standard InChI is InChI=1S/C14H23BrN2O2S/c1-5-12(9(2)3)17-20(18,19)13-7-11(8-16)6-10(4)14(13)15/h6-7,9,12,17H,5,8,16H2,1-4H3. The highest BCUT2D eigenvalue weighted by atomic mass is 79.9. The number of halogens is 1. The van der Waals surface area contributed by atoms with Crippen LogP contribution in [0.25, 0.3) is 0 Å². The fourth-order valence-electron chi connectivity index (χ4n) is 2.08. The molecule has 0 spiro atoms. The Labute approximate surface area is 130 Å². The average Bonchev–Trinajstić information content (AvgIpc) is 2.38. The van der Waals surface area contributed by atoms with Crippen LogP contribution in [0.3, 0.4) is 0 Å². The summed E-state index contributed by atoms with van der Waals surface area (Å²) in [6.45, 7) is 8.17. The monoisotopic (exact) mass is 362 g/mol. The number of nitrogens with two attached hydrogens (primary N) is 1. The van der Waals surface area contributed by atoms with E-state index in [1.807, 2.05) is 33.8 Å². The maximum Gasteiger partial charge on any atom is 0.241 e. The van der Waals surface area contributed by atoms with Crippen LogP contribution in [0, 0.1) is 12.8 Å². The van der Waals surface area contributed by atoms with Crippen molar-refractivity contribution in [3.8, 4) is 0 Å². The highest BCUT2D eigenvalue weighted by molar-refractivity contribution is 9.10. The van der Waals surface area contributed by atoms with E-state index in [0.717, 1.165) is 17.5 Å². The lowest BCUT2D eigenvalue weighted by molar-refractivity contribution is 0.437. The van der Waals surface area contributed by atoms with Gasteiger partial charge in [-0.1, -0.05) is 26.8 Å². The first kappa shape index (κ1) is 17.6. The molecule has 0 saturated carbocycles. The summed E-state index contributed by atoms with van der Waals surface area (Å²) >= 11 is 3.37. The number of nitrogens with one attached hydrogen (secondary N) is 1. The molecule has 1 atom stereocenters. The van der Waals surface area contributed by atoms with Crippen molar-refractivity contribution in [3.05, 3.63) is 27.7 Å². The molecule has 0 saturated heterocycles. The lowest BCUT2D eigenvalue weighted by atomic mass is 10.0. The van der Waals surface area contributed by atoms with Gasteiger partial charge in [-0.25, -0.2) is 13.1 Å². The summed E-state index contributed by atoms with van der Waals surface area (Å²) in [5.41, 5.74) is 7.30. The summed E-state index contributed by atoms with van der Waals surface area (Å²) in [5.74, 6) is 0.243. The van der Waals surface area contributed by atoms with Crippen LogP contribution >= 0.6 is 15.9 Å². The van der Waals surface area contributed by atoms with Crippen LogP contribution in [0.5, 0.6) is 0 Å². The minimum absolute atomic E-state index is 0.0752. The van der Waals surface area contributed by atoms with E-state index in [4.69, 9.17) is 5.73 Å². The molecule has 0 fully saturated rings. The molecule has 1 rings (SSSR count). The van der Waals surface area contributed by atoms with Gasteiger partial charge in [0.25, 0.3) is 0 Å². The SMILES string of the molecule is CCC(NS(=O)(=O)c1cc(CN)cc(C)c1Br)C(C)C. The lowest BCUT2D eigenvalue weighted by Crippen LogP contribution is -2.38. The van der Waals surface area contributed by atoms with Crippen LogP contribution in [-0.2, 0) is 16.6 Å². The molecule has 1 unspecified atom stereocenters. The van der Waals surface area contributed by atoms with Gasteiger partial charge in [-0.3, -0.25) is 0 Å². The van der Waals surface area contributed by atoms with Crippen LogP contribution in [0.4, 0.5) is 0 Å². The Morgan fingerprint density at radius 1 is 1.35 bits per heavy atom. The van der Waals surface area contributed by atoms with E-state index in [1.165, 1.54) is 0 Å². The third-order valence-corrected chi connectivity index (χ3v) is 6.19. The van der Waals surface area contributed by atoms with Crippen LogP contribution in [-0.4, -0.2) is 14.5 Å². The second-order valence-electron chi connectivity index (χ2n) is 5.31. The third-order valence-electron chi connectivity index (χ3n) is 3.36. The van der Waals surface area contributed by atoms with Crippen molar-refractivity contribution in [3.63, 3.8) is 0 Å². The van der Waals surface area contributed by atoms with E-state index in [0.29, 0.717) is 11.0 Å². The number of sulfonamides is 1. The molecule has 4 nitrogen and oxygen atoms in total. The van der Waals surface area contributed by atoms with Crippen molar-refractivity contribution in [2.45, 2.75) is 51.6 Å². The second-order valence-corrected chi connectivity index (χ2v) is 7.78. The van der Waals surface area contributed by atoms with Gasteiger partial charge < -0.3 is 5.73 Å². The summed E-state index contributed by atoms with van der Waals surface area (Å²) in [7, 11) is -3.55. The largest absolute Gasteiger partial charge is 0.326 e. The molecule has 0 amide bonds. The van der Waals surface area contributed by atoms with E-state index < -0.39 is 10.0 Å². The van der Waals surface area contributed by atoms with Gasteiger partial charge in [-0.05, 0) is 52.4 Å². The molecular formula is C14H23BrN2O2S. The van der Waals surface area contributed by atoms with E-state index in [1.54, 1.807) is 6.07 Å². The smallest absolute Gasteiger partial charge is 0.241 e. The number of aryl methyl sites for hydroxylation is 1. The van der Waals surface area contributed by atoms with Crippen molar-refractivity contribution in [2.24, 2.45) is 11.7 Å². The Balaban J connectivity index is 3.25. The Morgan fingerprint density at radius 2 is 1.95 bits per heavy atom. The van der Waals surface area contributed by atoms with Gasteiger partial charge >= 0.3 is 0 Å². The molecule has 114 valence electrons. The Bertz CT molecular complexity index is 571. The highest BCUT2D eigenvalue weighted by Gasteiger charge is 2.24. The summed E-state index contributed by atoms with van der Waals surface area (Å²) in [4.78, 5) is 0.261. The topological polar surface area (TPSA) is 72.2 Å². The number of hydrogen-bond donors (Lipinski definition) is 2. The molecule has 0 aliphatic heterocycles. The van der Waals surface area contributed by atoms with Gasteiger partial charge in [0.05, 0.1) is 4.90 Å². The lowest BCUT2D eigenvalue weighted by Gasteiger charge is -2.21. The summed E-state index contributed by atoms with van der Waals surface area (Å²) in [6.07, 6.45) is 0.754. The molecule has 0 bridgehead atoms. The Hall–Kier alpha value is -0.430. The van der Waals surface area contributed by atoms with Gasteiger partial charge in [0.2, 0.25) is 10.0 Å². The zero-order chi connectivity index (χ0) is 15.5. The van der Waals surface area contributed by atoms with Crippen LogP contribution in [0.1, 0.15) is 38.3 Å². The second kappa shape index (κ2) is 7.02. The predicted molar refractivity (Wildman–Crippen MR) is 86.0 cm³/mol. The molecule has 0 heterocycles. The van der Waals surface area contributed by atoms with E-state index >= 15 is 0 Å². The Morgan fingerprint density at radius 3 is 2.40 bits per heavy atom. The van der Waals surface area contributed by atoms with Crippen LogP contribution in [0.2, 0.25) is 0 Å². The number of rotatable bonds is 6. The minimum Gasteiger partial charge on any atom is -0.326 e. The first-order chi connectivity index (χ1) is 9.22. The van der Waals surface area contributed by atoms with Crippen LogP contribution in [0.15, 0.2) is 21.5 Å². The van der Waals surface area contributed by atoms with Crippen molar-refractivity contribution < 1.29 is 8.42 Å². The maximum atomic E-state index is 12.6. The average molecular weight is 363 g/mol. The van der Waals surface area contributed by atoms with Gasteiger partial charge in [0, 0.05) is 17.1 Å². The molecule has 0 radical (unpaired) electrons. The summed E-state index contributed by atoms with van der Waals surface area (Å²) in [5, 5.41) is 0. The van der Waals surface area contributed by atoms with E-state index in [2.05, 4.69) is 20.7 Å². The maximum absolute atomic E-state index is 12.6. The molecule has 6 heteroatoms. The highest BCUT2D eigenvalue weighted by Crippen LogP contribution is 2.28. The molecule has 0 aromatic heterocycles. The molecule has 1 aromatic rings. The minimum atomic E-state index is -3.55. The van der Waals surface area contributed by atoms with Gasteiger partial charge in [-0.2, -0.15) is 0 Å². The van der Waals surface area contributed by atoms with Crippen molar-refractivity contribution in [2.75, 3.05) is 0 Å². The van der Waals surface area contributed by atoms with Gasteiger partial charge in [0.1, 0.15) is 0 Å². The molecule has 0 aliphatic rings. The fourth-order valence-corrected chi connectivity index (χ4v) is 4.61. The molecule has 0 aliphatic carbocycles. The summed E-state index contributed by atoms with van der Waals surface area (Å²) < 4.78 is 28.5. The number of benzene rings is 1. The van der Waals surface area contributed by atoms with Crippen molar-refractivity contribution >= 4 is 26.0 Å². The Kier molecular flexibility index (Phi) is 6.19. The first-order valence-electron chi connectivity index (χ1n) is 6.74. The number of hydrogen-bond acceptors (Lipinski definition) is 3. The van der Waals surface area contributed by atoms with Crippen LogP contribution < -0.4 is 10.5 Å². The third kappa shape index (κ3) is 4.04.